The second-order valence-electron chi connectivity index (χ2n) is 5.93. The number of rotatable bonds is 2. The molecule has 2 rings (SSSR count). The molecule has 4 heteroatoms. The van der Waals surface area contributed by atoms with Crippen molar-refractivity contribution in [2.75, 3.05) is 0 Å². The first kappa shape index (κ1) is 13.6. The molecule has 0 saturated heterocycles. The topological polar surface area (TPSA) is 40.5 Å². The zero-order valence-electron chi connectivity index (χ0n) is 11.4. The predicted molar refractivity (Wildman–Crippen MR) is 70.9 cm³/mol. The van der Waals surface area contributed by atoms with Gasteiger partial charge in [0.25, 0.3) is 5.91 Å². The third-order valence-corrected chi connectivity index (χ3v) is 3.23. The standard InChI is InChI=1S/C15H18FNO2/c1-15(2,3)14-12(18)8-13(19)17(14)9-10-4-6-11(16)7-5-10/h4-8,14,18H,9H2,1-3H3. The molecule has 1 aromatic carbocycles. The molecule has 0 aliphatic carbocycles. The van der Waals surface area contributed by atoms with E-state index in [4.69, 9.17) is 0 Å². The Hall–Kier alpha value is -1.84. The Bertz CT molecular complexity index is 514. The van der Waals surface area contributed by atoms with Crippen molar-refractivity contribution in [2.24, 2.45) is 5.41 Å². The normalized spacial score (nSPS) is 19.8. The summed E-state index contributed by atoms with van der Waals surface area (Å²) in [7, 11) is 0. The molecule has 0 spiro atoms. The molecule has 1 N–H and O–H groups in total. The van der Waals surface area contributed by atoms with Gasteiger partial charge in [0, 0.05) is 12.6 Å². The Morgan fingerprint density at radius 3 is 2.37 bits per heavy atom. The van der Waals surface area contributed by atoms with Crippen LogP contribution in [0.25, 0.3) is 0 Å². The number of benzene rings is 1. The van der Waals surface area contributed by atoms with Gasteiger partial charge in [0.15, 0.2) is 0 Å². The maximum Gasteiger partial charge on any atom is 0.250 e. The molecule has 3 nitrogen and oxygen atoms in total. The molecule has 102 valence electrons. The summed E-state index contributed by atoms with van der Waals surface area (Å²) >= 11 is 0. The molecule has 1 aromatic rings. The lowest BCUT2D eigenvalue weighted by Crippen LogP contribution is -2.43. The lowest BCUT2D eigenvalue weighted by Gasteiger charge is -2.35. The second kappa shape index (κ2) is 4.68. The molecular formula is C15H18FNO2. The van der Waals surface area contributed by atoms with Crippen molar-refractivity contribution in [3.05, 3.63) is 47.5 Å². The van der Waals surface area contributed by atoms with Crippen LogP contribution in [0, 0.1) is 11.2 Å². The van der Waals surface area contributed by atoms with Crippen LogP contribution in [-0.4, -0.2) is 22.0 Å². The van der Waals surface area contributed by atoms with Crippen molar-refractivity contribution in [1.82, 2.24) is 4.90 Å². The molecule has 1 unspecified atom stereocenters. The smallest absolute Gasteiger partial charge is 0.250 e. The molecule has 1 atom stereocenters. The fourth-order valence-corrected chi connectivity index (χ4v) is 2.44. The third kappa shape index (κ3) is 2.78. The van der Waals surface area contributed by atoms with E-state index in [0.29, 0.717) is 6.54 Å². The minimum atomic E-state index is -0.343. The van der Waals surface area contributed by atoms with Crippen molar-refractivity contribution in [2.45, 2.75) is 33.4 Å². The zero-order valence-corrected chi connectivity index (χ0v) is 11.4. The maximum absolute atomic E-state index is 12.9. The number of halogens is 1. The molecule has 0 fully saturated rings. The Balaban J connectivity index is 2.23. The minimum Gasteiger partial charge on any atom is -0.510 e. The van der Waals surface area contributed by atoms with E-state index in [9.17, 15) is 14.3 Å². The van der Waals surface area contributed by atoms with E-state index in [1.54, 1.807) is 17.0 Å². The monoisotopic (exact) mass is 263 g/mol. The Morgan fingerprint density at radius 2 is 1.84 bits per heavy atom. The van der Waals surface area contributed by atoms with Crippen LogP contribution in [0.4, 0.5) is 4.39 Å². The predicted octanol–water partition coefficient (Wildman–Crippen LogP) is 3.02. The summed E-state index contributed by atoms with van der Waals surface area (Å²) in [5.41, 5.74) is 0.583. The highest BCUT2D eigenvalue weighted by Gasteiger charge is 2.40. The first-order chi connectivity index (χ1) is 8.79. The highest BCUT2D eigenvalue weighted by Crippen LogP contribution is 2.34. The summed E-state index contributed by atoms with van der Waals surface area (Å²) in [4.78, 5) is 13.5. The lowest BCUT2D eigenvalue weighted by molar-refractivity contribution is -0.128. The van der Waals surface area contributed by atoms with Crippen molar-refractivity contribution < 1.29 is 14.3 Å². The first-order valence-electron chi connectivity index (χ1n) is 6.24. The third-order valence-electron chi connectivity index (χ3n) is 3.23. The fourth-order valence-electron chi connectivity index (χ4n) is 2.44. The first-order valence-corrected chi connectivity index (χ1v) is 6.24. The van der Waals surface area contributed by atoms with Crippen molar-refractivity contribution >= 4 is 5.91 Å². The van der Waals surface area contributed by atoms with Gasteiger partial charge in [-0.3, -0.25) is 4.79 Å². The van der Waals surface area contributed by atoms with Crippen LogP contribution in [0.3, 0.4) is 0 Å². The van der Waals surface area contributed by atoms with E-state index in [0.717, 1.165) is 5.56 Å². The molecule has 0 radical (unpaired) electrons. The number of carbonyl (C=O) groups is 1. The maximum atomic E-state index is 12.9. The molecule has 0 bridgehead atoms. The van der Waals surface area contributed by atoms with Gasteiger partial charge in [-0.2, -0.15) is 0 Å². The SMILES string of the molecule is CC(C)(C)C1C(O)=CC(=O)N1Cc1ccc(F)cc1. The Kier molecular flexibility index (Phi) is 3.35. The van der Waals surface area contributed by atoms with E-state index in [1.807, 2.05) is 20.8 Å². The van der Waals surface area contributed by atoms with E-state index < -0.39 is 0 Å². The van der Waals surface area contributed by atoms with Crippen molar-refractivity contribution in [3.8, 4) is 0 Å². The van der Waals surface area contributed by atoms with Crippen LogP contribution in [0.15, 0.2) is 36.1 Å². The number of amides is 1. The average Bonchev–Trinajstić information content (AvgIpc) is 2.56. The van der Waals surface area contributed by atoms with Crippen LogP contribution in [0.2, 0.25) is 0 Å². The number of carbonyl (C=O) groups excluding carboxylic acids is 1. The summed E-state index contributed by atoms with van der Waals surface area (Å²) in [6.45, 7) is 6.27. The summed E-state index contributed by atoms with van der Waals surface area (Å²) in [5.74, 6) is -0.411. The molecule has 0 aromatic heterocycles. The van der Waals surface area contributed by atoms with Gasteiger partial charge >= 0.3 is 0 Å². The molecule has 0 saturated carbocycles. The minimum absolute atomic E-state index is 0.0969. The van der Waals surface area contributed by atoms with Crippen molar-refractivity contribution in [3.63, 3.8) is 0 Å². The van der Waals surface area contributed by atoms with E-state index in [2.05, 4.69) is 0 Å². The van der Waals surface area contributed by atoms with Crippen LogP contribution in [-0.2, 0) is 11.3 Å². The Morgan fingerprint density at radius 1 is 1.26 bits per heavy atom. The number of aliphatic hydroxyl groups excluding tert-OH is 1. The quantitative estimate of drug-likeness (QED) is 0.891. The number of hydrogen-bond donors (Lipinski definition) is 1. The zero-order chi connectivity index (χ0) is 14.2. The molecule has 1 amide bonds. The van der Waals surface area contributed by atoms with Crippen LogP contribution < -0.4 is 0 Å². The second-order valence-corrected chi connectivity index (χ2v) is 5.93. The highest BCUT2D eigenvalue weighted by molar-refractivity contribution is 5.91. The summed E-state index contributed by atoms with van der Waals surface area (Å²) in [6.07, 6.45) is 1.26. The summed E-state index contributed by atoms with van der Waals surface area (Å²) < 4.78 is 12.9. The van der Waals surface area contributed by atoms with E-state index in [-0.39, 0.29) is 28.9 Å². The molecule has 1 heterocycles. The number of hydrogen-bond acceptors (Lipinski definition) is 2. The van der Waals surface area contributed by atoms with Gasteiger partial charge in [0.1, 0.15) is 11.6 Å². The van der Waals surface area contributed by atoms with Gasteiger partial charge in [0.05, 0.1) is 6.04 Å². The fraction of sp³-hybridized carbons (Fsp3) is 0.400. The lowest BCUT2D eigenvalue weighted by atomic mass is 9.85. The number of nitrogens with zero attached hydrogens (tertiary/aromatic N) is 1. The van der Waals surface area contributed by atoms with Crippen molar-refractivity contribution in [1.29, 1.82) is 0 Å². The highest BCUT2D eigenvalue weighted by atomic mass is 19.1. The van der Waals surface area contributed by atoms with E-state index >= 15 is 0 Å². The molecule has 19 heavy (non-hydrogen) atoms. The molecule has 1 aliphatic heterocycles. The summed E-state index contributed by atoms with van der Waals surface area (Å²) in [6, 6.07) is 5.70. The average molecular weight is 263 g/mol. The van der Waals surface area contributed by atoms with Gasteiger partial charge in [-0.15, -0.1) is 0 Å². The summed E-state index contributed by atoms with van der Waals surface area (Å²) in [5, 5.41) is 9.93. The van der Waals surface area contributed by atoms with Gasteiger partial charge in [0.2, 0.25) is 0 Å². The van der Waals surface area contributed by atoms with Gasteiger partial charge in [-0.25, -0.2) is 4.39 Å². The van der Waals surface area contributed by atoms with Gasteiger partial charge in [-0.1, -0.05) is 32.9 Å². The van der Waals surface area contributed by atoms with Gasteiger partial charge < -0.3 is 10.0 Å². The number of aliphatic hydroxyl groups is 1. The molecule has 1 aliphatic rings. The van der Waals surface area contributed by atoms with E-state index in [1.165, 1.54) is 18.2 Å². The van der Waals surface area contributed by atoms with Gasteiger partial charge in [-0.05, 0) is 23.1 Å². The Labute approximate surface area is 112 Å². The largest absolute Gasteiger partial charge is 0.510 e. The van der Waals surface area contributed by atoms with Crippen LogP contribution >= 0.6 is 0 Å². The van der Waals surface area contributed by atoms with Crippen LogP contribution in [0.1, 0.15) is 26.3 Å². The molecular weight excluding hydrogens is 245 g/mol. The van der Waals surface area contributed by atoms with Crippen LogP contribution in [0.5, 0.6) is 0 Å².